The predicted octanol–water partition coefficient (Wildman–Crippen LogP) is 1.35. The summed E-state index contributed by atoms with van der Waals surface area (Å²) in [5.41, 5.74) is 6.02. The maximum absolute atomic E-state index is 11.8. The Kier molecular flexibility index (Phi) is 5.22. The first-order valence-electron chi connectivity index (χ1n) is 7.79. The first-order valence-corrected chi connectivity index (χ1v) is 7.79. The molecule has 19 heavy (non-hydrogen) atoms. The molecule has 2 aliphatic rings. The number of amides is 1. The Bertz CT molecular complexity index is 296. The number of carbonyl (C=O) groups is 1. The molecule has 0 aromatic carbocycles. The van der Waals surface area contributed by atoms with E-state index in [1.165, 1.54) is 45.2 Å². The summed E-state index contributed by atoms with van der Waals surface area (Å²) in [6, 6.07) is 0. The Morgan fingerprint density at radius 2 is 2.26 bits per heavy atom. The summed E-state index contributed by atoms with van der Waals surface area (Å²) in [6.45, 7) is 3.92. The van der Waals surface area contributed by atoms with Crippen molar-refractivity contribution in [1.82, 2.24) is 10.2 Å². The van der Waals surface area contributed by atoms with Gasteiger partial charge in [0.05, 0.1) is 0 Å². The van der Waals surface area contributed by atoms with Gasteiger partial charge in [0.25, 0.3) is 0 Å². The molecule has 1 heterocycles. The molecule has 2 rings (SSSR count). The number of hydrogen-bond donors (Lipinski definition) is 2. The van der Waals surface area contributed by atoms with Gasteiger partial charge in [0.2, 0.25) is 5.91 Å². The van der Waals surface area contributed by atoms with Crippen molar-refractivity contribution in [1.29, 1.82) is 0 Å². The molecule has 4 heteroatoms. The predicted molar refractivity (Wildman–Crippen MR) is 77.8 cm³/mol. The van der Waals surface area contributed by atoms with Crippen LogP contribution >= 0.6 is 0 Å². The average molecular weight is 267 g/mol. The van der Waals surface area contributed by atoms with Gasteiger partial charge in [0.1, 0.15) is 0 Å². The van der Waals surface area contributed by atoms with Gasteiger partial charge in [0.15, 0.2) is 0 Å². The minimum absolute atomic E-state index is 0.214. The number of nitrogens with one attached hydrogen (secondary N) is 1. The van der Waals surface area contributed by atoms with Crippen LogP contribution in [-0.2, 0) is 4.79 Å². The zero-order valence-electron chi connectivity index (χ0n) is 12.3. The number of nitrogens with zero attached hydrogens (tertiary/aromatic N) is 1. The summed E-state index contributed by atoms with van der Waals surface area (Å²) in [7, 11) is 2.18. The second-order valence-corrected chi connectivity index (χ2v) is 6.64. The lowest BCUT2D eigenvalue weighted by molar-refractivity contribution is -0.122. The highest BCUT2D eigenvalue weighted by Crippen LogP contribution is 2.39. The fourth-order valence-electron chi connectivity index (χ4n) is 3.32. The van der Waals surface area contributed by atoms with Crippen molar-refractivity contribution in [2.45, 2.75) is 44.9 Å². The third-order valence-corrected chi connectivity index (χ3v) is 5.01. The molecule has 1 saturated carbocycles. The van der Waals surface area contributed by atoms with E-state index in [2.05, 4.69) is 17.3 Å². The number of likely N-dealkylation sites (tertiary alicyclic amines) is 1. The third kappa shape index (κ3) is 4.18. The number of rotatable bonds is 7. The Morgan fingerprint density at radius 3 is 2.79 bits per heavy atom. The van der Waals surface area contributed by atoms with Crippen LogP contribution in [0.1, 0.15) is 44.9 Å². The molecule has 1 unspecified atom stereocenters. The Morgan fingerprint density at radius 1 is 1.47 bits per heavy atom. The number of hydrogen-bond acceptors (Lipinski definition) is 3. The van der Waals surface area contributed by atoms with Crippen molar-refractivity contribution in [3.63, 3.8) is 0 Å². The molecule has 1 atom stereocenters. The molecule has 4 nitrogen and oxygen atoms in total. The molecule has 0 radical (unpaired) electrons. The van der Waals surface area contributed by atoms with Crippen LogP contribution in [0.5, 0.6) is 0 Å². The molecule has 0 aromatic rings. The van der Waals surface area contributed by atoms with Crippen molar-refractivity contribution >= 4 is 5.91 Å². The maximum Gasteiger partial charge on any atom is 0.220 e. The number of nitrogens with two attached hydrogens (primary N) is 1. The van der Waals surface area contributed by atoms with Gasteiger partial charge < -0.3 is 16.0 Å². The van der Waals surface area contributed by atoms with Crippen molar-refractivity contribution in [2.24, 2.45) is 17.1 Å². The van der Waals surface area contributed by atoms with Gasteiger partial charge in [-0.3, -0.25) is 4.79 Å². The Labute approximate surface area is 117 Å². The third-order valence-electron chi connectivity index (χ3n) is 5.01. The molecule has 0 bridgehead atoms. The van der Waals surface area contributed by atoms with E-state index in [0.717, 1.165) is 18.9 Å². The Balaban J connectivity index is 1.55. The van der Waals surface area contributed by atoms with Crippen LogP contribution < -0.4 is 11.1 Å². The van der Waals surface area contributed by atoms with Crippen LogP contribution in [0.25, 0.3) is 0 Å². The van der Waals surface area contributed by atoms with Gasteiger partial charge in [-0.1, -0.05) is 6.42 Å². The molecule has 1 saturated heterocycles. The van der Waals surface area contributed by atoms with E-state index in [4.69, 9.17) is 5.73 Å². The summed E-state index contributed by atoms with van der Waals surface area (Å²) < 4.78 is 0. The maximum atomic E-state index is 11.8. The van der Waals surface area contributed by atoms with E-state index in [1.807, 2.05) is 0 Å². The summed E-state index contributed by atoms with van der Waals surface area (Å²) in [5, 5.41) is 3.08. The summed E-state index contributed by atoms with van der Waals surface area (Å²) >= 11 is 0. The summed E-state index contributed by atoms with van der Waals surface area (Å²) in [4.78, 5) is 14.2. The van der Waals surface area contributed by atoms with Crippen molar-refractivity contribution in [2.75, 3.05) is 33.2 Å². The smallest absolute Gasteiger partial charge is 0.220 e. The second kappa shape index (κ2) is 6.71. The van der Waals surface area contributed by atoms with Crippen LogP contribution in [-0.4, -0.2) is 44.0 Å². The molecule has 3 N–H and O–H groups in total. The van der Waals surface area contributed by atoms with E-state index in [0.29, 0.717) is 13.0 Å². The molecular formula is C15H29N3O. The van der Waals surface area contributed by atoms with Gasteiger partial charge in [0, 0.05) is 19.5 Å². The number of carbonyl (C=O) groups excluding carboxylic acids is 1. The van der Waals surface area contributed by atoms with Crippen LogP contribution in [0.2, 0.25) is 0 Å². The molecule has 110 valence electrons. The van der Waals surface area contributed by atoms with Crippen LogP contribution in [0, 0.1) is 11.3 Å². The van der Waals surface area contributed by atoms with Crippen molar-refractivity contribution in [3.8, 4) is 0 Å². The first kappa shape index (κ1) is 14.8. The SMILES string of the molecule is CN1CCC(CCCC(=O)NCC2(CN)CCC2)C1. The van der Waals surface area contributed by atoms with E-state index in [-0.39, 0.29) is 11.3 Å². The summed E-state index contributed by atoms with van der Waals surface area (Å²) in [5.74, 6) is 1.02. The molecule has 1 aliphatic carbocycles. The van der Waals surface area contributed by atoms with Crippen LogP contribution in [0.15, 0.2) is 0 Å². The monoisotopic (exact) mass is 267 g/mol. The standard InChI is InChI=1S/C15H29N3O/c1-18-9-6-13(10-18)4-2-5-14(19)17-12-15(11-16)7-3-8-15/h13H,2-12,16H2,1H3,(H,17,19). The lowest BCUT2D eigenvalue weighted by Crippen LogP contribution is -2.46. The zero-order chi connectivity index (χ0) is 13.7. The highest BCUT2D eigenvalue weighted by molar-refractivity contribution is 5.75. The molecule has 1 amide bonds. The average Bonchev–Trinajstić information content (AvgIpc) is 2.74. The topological polar surface area (TPSA) is 58.4 Å². The highest BCUT2D eigenvalue weighted by atomic mass is 16.1. The Hall–Kier alpha value is -0.610. The van der Waals surface area contributed by atoms with E-state index < -0.39 is 0 Å². The first-order chi connectivity index (χ1) is 9.13. The lowest BCUT2D eigenvalue weighted by atomic mass is 9.69. The van der Waals surface area contributed by atoms with Gasteiger partial charge >= 0.3 is 0 Å². The zero-order valence-corrected chi connectivity index (χ0v) is 12.3. The molecule has 0 aromatic heterocycles. The minimum atomic E-state index is 0.214. The molecule has 1 aliphatic heterocycles. The molecule has 2 fully saturated rings. The van der Waals surface area contributed by atoms with Crippen molar-refractivity contribution < 1.29 is 4.79 Å². The second-order valence-electron chi connectivity index (χ2n) is 6.64. The lowest BCUT2D eigenvalue weighted by Gasteiger charge is -2.41. The van der Waals surface area contributed by atoms with Crippen molar-refractivity contribution in [3.05, 3.63) is 0 Å². The van der Waals surface area contributed by atoms with Gasteiger partial charge in [-0.25, -0.2) is 0 Å². The van der Waals surface area contributed by atoms with E-state index in [9.17, 15) is 4.79 Å². The highest BCUT2D eigenvalue weighted by Gasteiger charge is 2.35. The largest absolute Gasteiger partial charge is 0.355 e. The fraction of sp³-hybridized carbons (Fsp3) is 0.933. The minimum Gasteiger partial charge on any atom is -0.355 e. The summed E-state index contributed by atoms with van der Waals surface area (Å²) in [6.07, 6.45) is 7.83. The van der Waals surface area contributed by atoms with Crippen LogP contribution in [0.4, 0.5) is 0 Å². The normalized spacial score (nSPS) is 26.1. The quantitative estimate of drug-likeness (QED) is 0.732. The molecule has 0 spiro atoms. The fourth-order valence-corrected chi connectivity index (χ4v) is 3.32. The molecular weight excluding hydrogens is 238 g/mol. The van der Waals surface area contributed by atoms with Crippen LogP contribution in [0.3, 0.4) is 0 Å². The van der Waals surface area contributed by atoms with Gasteiger partial charge in [-0.05, 0) is 63.6 Å². The van der Waals surface area contributed by atoms with Gasteiger partial charge in [-0.15, -0.1) is 0 Å². The van der Waals surface area contributed by atoms with E-state index in [1.54, 1.807) is 0 Å². The van der Waals surface area contributed by atoms with E-state index >= 15 is 0 Å². The van der Waals surface area contributed by atoms with Gasteiger partial charge in [-0.2, -0.15) is 0 Å².